The minimum atomic E-state index is -1.01. The molecule has 50 heavy (non-hydrogen) atoms. The molecule has 0 aromatic heterocycles. The van der Waals surface area contributed by atoms with E-state index < -0.39 is 41.8 Å². The molecular formula is C39H67N5O6. The molecule has 11 heteroatoms. The lowest BCUT2D eigenvalue weighted by Gasteiger charge is -2.40. The number of carbonyl (C=O) groups is 5. The average molecular weight is 702 g/mol. The van der Waals surface area contributed by atoms with Crippen molar-refractivity contribution in [2.45, 2.75) is 168 Å². The van der Waals surface area contributed by atoms with E-state index in [0.29, 0.717) is 32.4 Å². The number of ether oxygens (including phenoxy) is 1. The number of urea groups is 1. The Kier molecular flexibility index (Phi) is 16.3. The Bertz CT molecular complexity index is 1160. The highest BCUT2D eigenvalue weighted by Gasteiger charge is 2.47. The van der Waals surface area contributed by atoms with Crippen LogP contribution < -0.4 is 21.3 Å². The number of rotatable bonds is 10. The Hall–Kier alpha value is -2.95. The van der Waals surface area contributed by atoms with Crippen LogP contribution in [-0.4, -0.2) is 83.9 Å². The van der Waals surface area contributed by atoms with Crippen LogP contribution in [0.4, 0.5) is 4.79 Å². The van der Waals surface area contributed by atoms with Crippen molar-refractivity contribution in [1.82, 2.24) is 26.2 Å². The molecule has 0 aromatic rings. The monoisotopic (exact) mass is 702 g/mol. The van der Waals surface area contributed by atoms with Crippen LogP contribution in [0.1, 0.15) is 138 Å². The van der Waals surface area contributed by atoms with Crippen molar-refractivity contribution >= 4 is 29.5 Å². The van der Waals surface area contributed by atoms with Gasteiger partial charge in [0.05, 0.1) is 12.1 Å². The van der Waals surface area contributed by atoms with E-state index in [1.165, 1.54) is 6.08 Å². The fourth-order valence-corrected chi connectivity index (χ4v) is 7.98. The number of Topliss-reactive ketones (excluding diaryl/α,β-unsaturated/α-hetero) is 1. The molecule has 0 aromatic carbocycles. The van der Waals surface area contributed by atoms with Crippen molar-refractivity contribution in [1.29, 1.82) is 0 Å². The van der Waals surface area contributed by atoms with Crippen molar-refractivity contribution in [3.8, 4) is 0 Å². The third-order valence-corrected chi connectivity index (χ3v) is 10.9. The van der Waals surface area contributed by atoms with Gasteiger partial charge in [0.25, 0.3) is 5.91 Å². The van der Waals surface area contributed by atoms with E-state index in [1.807, 2.05) is 20.8 Å². The summed E-state index contributed by atoms with van der Waals surface area (Å²) in [6.45, 7) is 17.1. The topological polar surface area (TPSA) is 146 Å². The minimum Gasteiger partial charge on any atom is -0.376 e. The molecule has 5 atom stereocenters. The Labute approximate surface area is 301 Å². The second-order valence-corrected chi connectivity index (χ2v) is 16.6. The Morgan fingerprint density at radius 3 is 2.34 bits per heavy atom. The van der Waals surface area contributed by atoms with Gasteiger partial charge >= 0.3 is 6.03 Å². The molecule has 2 aliphatic heterocycles. The first-order chi connectivity index (χ1) is 23.7. The number of amides is 5. The molecule has 0 unspecified atom stereocenters. The summed E-state index contributed by atoms with van der Waals surface area (Å²) in [4.78, 5) is 70.1. The molecule has 3 aliphatic rings. The van der Waals surface area contributed by atoms with E-state index in [4.69, 9.17) is 4.74 Å². The van der Waals surface area contributed by atoms with E-state index in [-0.39, 0.29) is 41.3 Å². The molecule has 1 saturated carbocycles. The zero-order chi connectivity index (χ0) is 36.9. The smallest absolute Gasteiger partial charge is 0.315 e. The highest BCUT2D eigenvalue weighted by atomic mass is 16.5. The summed E-state index contributed by atoms with van der Waals surface area (Å²) in [5.41, 5.74) is -0.115. The Morgan fingerprint density at radius 1 is 1.02 bits per heavy atom. The van der Waals surface area contributed by atoms with Crippen molar-refractivity contribution in [2.75, 3.05) is 19.7 Å². The molecule has 1 aliphatic carbocycles. The van der Waals surface area contributed by atoms with Crippen molar-refractivity contribution in [2.24, 2.45) is 17.3 Å². The van der Waals surface area contributed by atoms with Crippen LogP contribution in [0.2, 0.25) is 0 Å². The largest absolute Gasteiger partial charge is 0.376 e. The second kappa shape index (κ2) is 19.6. The molecule has 3 fully saturated rings. The van der Waals surface area contributed by atoms with Crippen LogP contribution >= 0.6 is 0 Å². The summed E-state index contributed by atoms with van der Waals surface area (Å²) in [6.07, 6.45) is 13.9. The first kappa shape index (κ1) is 41.5. The zero-order valence-electron chi connectivity index (χ0n) is 31.9. The lowest BCUT2D eigenvalue weighted by atomic mass is 9.76. The van der Waals surface area contributed by atoms with Gasteiger partial charge in [0.1, 0.15) is 12.1 Å². The number of nitrogens with zero attached hydrogens (tertiary/aromatic N) is 1. The minimum absolute atomic E-state index is 0.0711. The fourth-order valence-electron chi connectivity index (χ4n) is 7.98. The summed E-state index contributed by atoms with van der Waals surface area (Å²) >= 11 is 0. The molecule has 0 bridgehead atoms. The van der Waals surface area contributed by atoms with Gasteiger partial charge in [-0.2, -0.15) is 0 Å². The molecule has 0 spiro atoms. The summed E-state index contributed by atoms with van der Waals surface area (Å²) in [6, 6.07) is -3.26. The van der Waals surface area contributed by atoms with Crippen LogP contribution in [0.15, 0.2) is 12.7 Å². The first-order valence-electron chi connectivity index (χ1n) is 19.4. The van der Waals surface area contributed by atoms with Crippen molar-refractivity contribution in [3.63, 3.8) is 0 Å². The normalized spacial score (nSPS) is 27.2. The third-order valence-electron chi connectivity index (χ3n) is 10.9. The molecule has 3 rings (SSSR count). The lowest BCUT2D eigenvalue weighted by Crippen LogP contribution is -2.62. The van der Waals surface area contributed by atoms with Crippen LogP contribution in [-0.2, 0) is 23.9 Å². The standard InChI is InChI=1S/C39H67N5O6/c1-8-24-40-35(47)33(45)30-18-13-10-9-11-16-26-50-28(4)31(36(48)44-25-19-29(27(2)3)32(44)34(46)41-30)42-37(49)43-39(21-14-12-15-22-39)23-17-20-38(5,6)7/h8,27-32H,1,9-26H2,2-7H3,(H,40,47)(H,41,46)(H2,42,43,49)/t28-,29+,30-,31-,32-/m0/s1. The second-order valence-electron chi connectivity index (χ2n) is 16.6. The molecule has 4 N–H and O–H groups in total. The van der Waals surface area contributed by atoms with Gasteiger partial charge in [-0.1, -0.05) is 92.1 Å². The van der Waals surface area contributed by atoms with E-state index in [9.17, 15) is 24.0 Å². The molecule has 5 amide bonds. The quantitative estimate of drug-likeness (QED) is 0.173. The third kappa shape index (κ3) is 12.4. The highest BCUT2D eigenvalue weighted by Crippen LogP contribution is 2.35. The van der Waals surface area contributed by atoms with Gasteiger partial charge in [0.2, 0.25) is 17.6 Å². The predicted octanol–water partition coefficient (Wildman–Crippen LogP) is 5.56. The van der Waals surface area contributed by atoms with E-state index in [2.05, 4.69) is 48.6 Å². The summed E-state index contributed by atoms with van der Waals surface area (Å²) in [5.74, 6) is -2.38. The van der Waals surface area contributed by atoms with Gasteiger partial charge in [-0.05, 0) is 69.1 Å². The summed E-state index contributed by atoms with van der Waals surface area (Å²) < 4.78 is 6.21. The highest BCUT2D eigenvalue weighted by molar-refractivity contribution is 6.38. The predicted molar refractivity (Wildman–Crippen MR) is 196 cm³/mol. The molecule has 0 radical (unpaired) electrons. The molecule has 2 saturated heterocycles. The van der Waals surface area contributed by atoms with Crippen LogP contribution in [0.5, 0.6) is 0 Å². The Morgan fingerprint density at radius 2 is 1.68 bits per heavy atom. The van der Waals surface area contributed by atoms with Crippen LogP contribution in [0.3, 0.4) is 0 Å². The van der Waals surface area contributed by atoms with E-state index in [1.54, 1.807) is 4.90 Å². The van der Waals surface area contributed by atoms with E-state index in [0.717, 1.165) is 77.0 Å². The van der Waals surface area contributed by atoms with Gasteiger partial charge in [0, 0.05) is 25.2 Å². The lowest BCUT2D eigenvalue weighted by molar-refractivity contribution is -0.145. The van der Waals surface area contributed by atoms with Crippen molar-refractivity contribution < 1.29 is 28.7 Å². The molecule has 2 heterocycles. The number of nitrogens with one attached hydrogen (secondary N) is 4. The van der Waals surface area contributed by atoms with Crippen LogP contribution in [0, 0.1) is 17.3 Å². The van der Waals surface area contributed by atoms with Crippen LogP contribution in [0.25, 0.3) is 0 Å². The van der Waals surface area contributed by atoms with Gasteiger partial charge in [-0.3, -0.25) is 19.2 Å². The van der Waals surface area contributed by atoms with Gasteiger partial charge in [-0.15, -0.1) is 6.58 Å². The summed E-state index contributed by atoms with van der Waals surface area (Å²) in [5, 5.41) is 11.8. The van der Waals surface area contributed by atoms with Crippen molar-refractivity contribution in [3.05, 3.63) is 12.7 Å². The number of hydrogen-bond donors (Lipinski definition) is 4. The van der Waals surface area contributed by atoms with Gasteiger partial charge in [0.15, 0.2) is 0 Å². The van der Waals surface area contributed by atoms with Gasteiger partial charge in [-0.25, -0.2) is 4.79 Å². The zero-order valence-corrected chi connectivity index (χ0v) is 31.9. The Balaban J connectivity index is 1.89. The maximum absolute atomic E-state index is 14.6. The maximum atomic E-state index is 14.6. The molecular weight excluding hydrogens is 634 g/mol. The number of carbonyl (C=O) groups excluding carboxylic acids is 5. The maximum Gasteiger partial charge on any atom is 0.315 e. The molecule has 11 nitrogen and oxygen atoms in total. The van der Waals surface area contributed by atoms with Gasteiger partial charge < -0.3 is 30.9 Å². The number of ketones is 1. The molecule has 284 valence electrons. The summed E-state index contributed by atoms with van der Waals surface area (Å²) in [7, 11) is 0. The number of hydrogen-bond acceptors (Lipinski definition) is 6. The first-order valence-corrected chi connectivity index (χ1v) is 19.4. The fraction of sp³-hybridized carbons (Fsp3) is 0.821. The van der Waals surface area contributed by atoms with E-state index >= 15 is 0 Å². The SMILES string of the molecule is C=CCNC(=O)C(=O)[C@@H]1CCCCCCCO[C@@H](C)[C@H](NC(=O)NC2(CCCC(C)(C)C)CCCCC2)C(=O)N2CC[C@H](C(C)C)[C@H]2C(=O)N1. The average Bonchev–Trinajstić information content (AvgIpc) is 3.51. The number of fused-ring (bicyclic) bond motifs is 1.